The molecule has 0 fully saturated rings. The second-order valence-corrected chi connectivity index (χ2v) is 4.28. The van der Waals surface area contributed by atoms with Gasteiger partial charge in [0.05, 0.1) is 5.02 Å². The third kappa shape index (κ3) is 2.77. The Bertz CT molecular complexity index is 471. The number of halogens is 2. The lowest BCUT2D eigenvalue weighted by molar-refractivity contribution is 0.483. The molecule has 2 aromatic rings. The lowest BCUT2D eigenvalue weighted by Crippen LogP contribution is -1.86. The zero-order valence-corrected chi connectivity index (χ0v) is 10.8. The average molecular weight is 298 g/mol. The smallest absolute Gasteiger partial charge is 0.146 e. The Balaban J connectivity index is 2.22. The largest absolute Gasteiger partial charge is 0.456 e. The van der Waals surface area contributed by atoms with E-state index >= 15 is 0 Å². The Morgan fingerprint density at radius 3 is 2.44 bits per heavy atom. The summed E-state index contributed by atoms with van der Waals surface area (Å²) in [6, 6.07) is 15.4. The van der Waals surface area contributed by atoms with Gasteiger partial charge in [0.25, 0.3) is 0 Å². The first-order chi connectivity index (χ1) is 7.79. The van der Waals surface area contributed by atoms with Crippen LogP contribution in [0.1, 0.15) is 5.56 Å². The van der Waals surface area contributed by atoms with Gasteiger partial charge < -0.3 is 4.74 Å². The van der Waals surface area contributed by atoms with E-state index in [-0.39, 0.29) is 0 Å². The molecule has 0 heterocycles. The Kier molecular flexibility index (Phi) is 3.86. The lowest BCUT2D eigenvalue weighted by Gasteiger charge is -2.08. The van der Waals surface area contributed by atoms with Crippen LogP contribution in [0.3, 0.4) is 0 Å². The molecule has 0 spiro atoms. The number of para-hydroxylation sites is 1. The first-order valence-electron chi connectivity index (χ1n) is 4.87. The average Bonchev–Trinajstić information content (AvgIpc) is 2.33. The molecule has 0 aliphatic rings. The maximum atomic E-state index is 6.11. The van der Waals surface area contributed by atoms with Crippen molar-refractivity contribution in [3.63, 3.8) is 0 Å². The van der Waals surface area contributed by atoms with Crippen LogP contribution in [0.5, 0.6) is 11.5 Å². The maximum Gasteiger partial charge on any atom is 0.146 e. The number of ether oxygens (including phenoxy) is 1. The summed E-state index contributed by atoms with van der Waals surface area (Å²) in [5.74, 6) is 1.47. The van der Waals surface area contributed by atoms with E-state index in [1.165, 1.54) is 0 Å². The van der Waals surface area contributed by atoms with Gasteiger partial charge in [-0.15, -0.1) is 0 Å². The minimum atomic E-state index is 0.626. The van der Waals surface area contributed by atoms with Crippen LogP contribution in [0.25, 0.3) is 0 Å². The maximum absolute atomic E-state index is 6.11. The van der Waals surface area contributed by atoms with Gasteiger partial charge in [-0.3, -0.25) is 0 Å². The predicted molar refractivity (Wildman–Crippen MR) is 70.6 cm³/mol. The van der Waals surface area contributed by atoms with E-state index < -0.39 is 0 Å². The summed E-state index contributed by atoms with van der Waals surface area (Å²) in [5.41, 5.74) is 1.13. The number of alkyl halides is 1. The molecule has 16 heavy (non-hydrogen) atoms. The molecule has 0 aliphatic heterocycles. The van der Waals surface area contributed by atoms with Crippen molar-refractivity contribution in [3.8, 4) is 11.5 Å². The van der Waals surface area contributed by atoms with Crippen molar-refractivity contribution in [2.45, 2.75) is 5.33 Å². The Morgan fingerprint density at radius 2 is 1.81 bits per heavy atom. The summed E-state index contributed by atoms with van der Waals surface area (Å²) < 4.78 is 5.66. The van der Waals surface area contributed by atoms with Gasteiger partial charge in [-0.2, -0.15) is 0 Å². The van der Waals surface area contributed by atoms with Gasteiger partial charge >= 0.3 is 0 Å². The first-order valence-corrected chi connectivity index (χ1v) is 6.37. The molecule has 0 aromatic heterocycles. The molecule has 0 unspecified atom stereocenters. The van der Waals surface area contributed by atoms with E-state index in [4.69, 9.17) is 16.3 Å². The van der Waals surface area contributed by atoms with Gasteiger partial charge in [0.15, 0.2) is 0 Å². The van der Waals surface area contributed by atoms with Crippen LogP contribution in [0.4, 0.5) is 0 Å². The standard InChI is InChI=1S/C13H10BrClO/c14-9-10-6-7-13(12(15)8-10)16-11-4-2-1-3-5-11/h1-8H,9H2. The number of hydrogen-bond donors (Lipinski definition) is 0. The molecule has 0 amide bonds. The van der Waals surface area contributed by atoms with E-state index in [1.807, 2.05) is 48.5 Å². The minimum Gasteiger partial charge on any atom is -0.456 e. The van der Waals surface area contributed by atoms with Crippen molar-refractivity contribution < 1.29 is 4.74 Å². The van der Waals surface area contributed by atoms with E-state index in [1.54, 1.807) is 0 Å². The van der Waals surface area contributed by atoms with Crippen molar-refractivity contribution in [1.29, 1.82) is 0 Å². The van der Waals surface area contributed by atoms with Crippen molar-refractivity contribution >= 4 is 27.5 Å². The monoisotopic (exact) mass is 296 g/mol. The summed E-state index contributed by atoms with van der Waals surface area (Å²) in [7, 11) is 0. The lowest BCUT2D eigenvalue weighted by atomic mass is 10.2. The molecule has 82 valence electrons. The fourth-order valence-electron chi connectivity index (χ4n) is 1.33. The highest BCUT2D eigenvalue weighted by molar-refractivity contribution is 9.08. The second kappa shape index (κ2) is 5.37. The van der Waals surface area contributed by atoms with Crippen molar-refractivity contribution in [2.24, 2.45) is 0 Å². The third-order valence-corrected chi connectivity index (χ3v) is 3.06. The van der Waals surface area contributed by atoms with Crippen molar-refractivity contribution in [3.05, 3.63) is 59.1 Å². The Morgan fingerprint density at radius 1 is 1.06 bits per heavy atom. The number of benzene rings is 2. The van der Waals surface area contributed by atoms with Gasteiger partial charge in [0.1, 0.15) is 11.5 Å². The van der Waals surface area contributed by atoms with Crippen LogP contribution in [-0.2, 0) is 5.33 Å². The van der Waals surface area contributed by atoms with Crippen LogP contribution in [0.15, 0.2) is 48.5 Å². The molecular weight excluding hydrogens is 287 g/mol. The zero-order chi connectivity index (χ0) is 11.4. The van der Waals surface area contributed by atoms with Gasteiger partial charge in [-0.25, -0.2) is 0 Å². The fourth-order valence-corrected chi connectivity index (χ4v) is 1.92. The van der Waals surface area contributed by atoms with Gasteiger partial charge in [-0.1, -0.05) is 51.8 Å². The molecule has 0 aliphatic carbocycles. The normalized spacial score (nSPS) is 10.1. The topological polar surface area (TPSA) is 9.23 Å². The molecule has 0 bridgehead atoms. The predicted octanol–water partition coefficient (Wildman–Crippen LogP) is 5.03. The summed E-state index contributed by atoms with van der Waals surface area (Å²) in [5, 5.41) is 1.42. The van der Waals surface area contributed by atoms with Gasteiger partial charge in [0, 0.05) is 5.33 Å². The molecule has 3 heteroatoms. The third-order valence-electron chi connectivity index (χ3n) is 2.12. The van der Waals surface area contributed by atoms with Crippen molar-refractivity contribution in [1.82, 2.24) is 0 Å². The van der Waals surface area contributed by atoms with Crippen LogP contribution in [0.2, 0.25) is 5.02 Å². The zero-order valence-electron chi connectivity index (χ0n) is 8.49. The van der Waals surface area contributed by atoms with Crippen LogP contribution in [-0.4, -0.2) is 0 Å². The van der Waals surface area contributed by atoms with E-state index in [0.717, 1.165) is 16.6 Å². The molecule has 2 rings (SSSR count). The molecule has 2 aromatic carbocycles. The van der Waals surface area contributed by atoms with Crippen molar-refractivity contribution in [2.75, 3.05) is 0 Å². The quantitative estimate of drug-likeness (QED) is 0.722. The van der Waals surface area contributed by atoms with E-state index in [2.05, 4.69) is 15.9 Å². The van der Waals surface area contributed by atoms with E-state index in [0.29, 0.717) is 10.8 Å². The highest BCUT2D eigenvalue weighted by atomic mass is 79.9. The van der Waals surface area contributed by atoms with Gasteiger partial charge in [-0.05, 0) is 29.8 Å². The molecule has 0 atom stereocenters. The second-order valence-electron chi connectivity index (χ2n) is 3.31. The molecule has 0 saturated heterocycles. The fraction of sp³-hybridized carbons (Fsp3) is 0.0769. The summed E-state index contributed by atoms with van der Waals surface area (Å²) in [4.78, 5) is 0. The van der Waals surface area contributed by atoms with Crippen LogP contribution in [0, 0.1) is 0 Å². The minimum absolute atomic E-state index is 0.626. The molecular formula is C13H10BrClO. The Labute approximate surface area is 108 Å². The SMILES string of the molecule is Clc1cc(CBr)ccc1Oc1ccccc1. The van der Waals surface area contributed by atoms with Crippen LogP contribution >= 0.6 is 27.5 Å². The molecule has 0 saturated carbocycles. The summed E-state index contributed by atoms with van der Waals surface area (Å²) in [6.45, 7) is 0. The molecule has 0 radical (unpaired) electrons. The van der Waals surface area contributed by atoms with Crippen LogP contribution < -0.4 is 4.74 Å². The number of rotatable bonds is 3. The molecule has 0 N–H and O–H groups in total. The molecule has 1 nitrogen and oxygen atoms in total. The van der Waals surface area contributed by atoms with E-state index in [9.17, 15) is 0 Å². The first kappa shape index (κ1) is 11.5. The Hall–Kier alpha value is -0.990. The summed E-state index contributed by atoms with van der Waals surface area (Å²) in [6.07, 6.45) is 0. The number of hydrogen-bond acceptors (Lipinski definition) is 1. The summed E-state index contributed by atoms with van der Waals surface area (Å²) >= 11 is 9.50. The highest BCUT2D eigenvalue weighted by Gasteiger charge is 2.03. The highest BCUT2D eigenvalue weighted by Crippen LogP contribution is 2.30. The van der Waals surface area contributed by atoms with Gasteiger partial charge in [0.2, 0.25) is 0 Å².